The molecule has 8 heteroatoms. The van der Waals surface area contributed by atoms with Crippen molar-refractivity contribution < 1.29 is 33.8 Å². The molecule has 1 heterocycles. The molecule has 9 atom stereocenters. The molecule has 198 valence electrons. The SMILES string of the molecule is CC(=O)O[C@H]1CC[C@@]2(C)[C@H](CC[C@@H]3[C@@H]2CC[C@]2(C)[C@@H](C4=CC(=O)N(C)C4=O)[C@@H](OC(C)=O)C[C@]32O)C1. The highest BCUT2D eigenvalue weighted by molar-refractivity contribution is 6.16. The molecule has 1 N–H and O–H groups in total. The van der Waals surface area contributed by atoms with Crippen molar-refractivity contribution in [3.8, 4) is 0 Å². The van der Waals surface area contributed by atoms with Crippen molar-refractivity contribution in [1.29, 1.82) is 0 Å². The van der Waals surface area contributed by atoms with Crippen LogP contribution in [0.15, 0.2) is 11.6 Å². The Balaban J connectivity index is 1.48. The number of carbonyl (C=O) groups is 4. The summed E-state index contributed by atoms with van der Waals surface area (Å²) in [5, 5.41) is 12.6. The fourth-order valence-corrected chi connectivity index (χ4v) is 9.22. The first kappa shape index (κ1) is 25.4. The van der Waals surface area contributed by atoms with Gasteiger partial charge in [0.05, 0.1) is 5.60 Å². The molecule has 8 nitrogen and oxygen atoms in total. The average Bonchev–Trinajstić information content (AvgIpc) is 3.16. The van der Waals surface area contributed by atoms with Gasteiger partial charge in [0.15, 0.2) is 0 Å². The van der Waals surface area contributed by atoms with E-state index in [1.807, 2.05) is 6.92 Å². The number of hydrogen-bond acceptors (Lipinski definition) is 7. The Morgan fingerprint density at radius 1 is 1.00 bits per heavy atom. The van der Waals surface area contributed by atoms with Crippen molar-refractivity contribution in [2.45, 2.75) is 96.9 Å². The molecule has 5 rings (SSSR count). The molecular formula is C28H39NO7. The lowest BCUT2D eigenvalue weighted by Gasteiger charge is -2.63. The second kappa shape index (κ2) is 8.40. The Labute approximate surface area is 212 Å². The molecule has 0 saturated heterocycles. The summed E-state index contributed by atoms with van der Waals surface area (Å²) in [5.41, 5.74) is -1.43. The van der Waals surface area contributed by atoms with Crippen LogP contribution in [0.4, 0.5) is 0 Å². The first-order chi connectivity index (χ1) is 16.8. The minimum absolute atomic E-state index is 0.0105. The topological polar surface area (TPSA) is 110 Å². The molecule has 1 aliphatic heterocycles. The summed E-state index contributed by atoms with van der Waals surface area (Å²) >= 11 is 0. The molecule has 0 aromatic rings. The van der Waals surface area contributed by atoms with Crippen LogP contribution < -0.4 is 0 Å². The predicted molar refractivity (Wildman–Crippen MR) is 129 cm³/mol. The van der Waals surface area contributed by atoms with E-state index in [0.29, 0.717) is 23.8 Å². The van der Waals surface area contributed by atoms with Crippen LogP contribution in [0, 0.1) is 34.5 Å². The summed E-state index contributed by atoms with van der Waals surface area (Å²) in [6.45, 7) is 7.19. The molecule has 4 aliphatic carbocycles. The largest absolute Gasteiger partial charge is 0.463 e. The van der Waals surface area contributed by atoms with Crippen LogP contribution in [0.25, 0.3) is 0 Å². The minimum atomic E-state index is -1.12. The number of carbonyl (C=O) groups excluding carboxylic acids is 4. The van der Waals surface area contributed by atoms with E-state index in [2.05, 4.69) is 6.92 Å². The van der Waals surface area contributed by atoms with Crippen molar-refractivity contribution in [1.82, 2.24) is 4.90 Å². The van der Waals surface area contributed by atoms with Gasteiger partial charge >= 0.3 is 11.9 Å². The van der Waals surface area contributed by atoms with Gasteiger partial charge in [0.1, 0.15) is 12.2 Å². The highest BCUT2D eigenvalue weighted by Crippen LogP contribution is 2.70. The van der Waals surface area contributed by atoms with E-state index >= 15 is 0 Å². The second-order valence-electron chi connectivity index (χ2n) is 12.5. The van der Waals surface area contributed by atoms with Crippen molar-refractivity contribution in [3.63, 3.8) is 0 Å². The van der Waals surface area contributed by atoms with Crippen LogP contribution in [0.1, 0.15) is 79.1 Å². The Morgan fingerprint density at radius 2 is 1.69 bits per heavy atom. The number of amides is 2. The van der Waals surface area contributed by atoms with Gasteiger partial charge in [-0.2, -0.15) is 0 Å². The molecule has 0 unspecified atom stereocenters. The summed E-state index contributed by atoms with van der Waals surface area (Å²) in [7, 11) is 1.46. The summed E-state index contributed by atoms with van der Waals surface area (Å²) in [4.78, 5) is 50.2. The second-order valence-corrected chi connectivity index (χ2v) is 12.5. The monoisotopic (exact) mass is 501 g/mol. The van der Waals surface area contributed by atoms with Crippen LogP contribution in [0.5, 0.6) is 0 Å². The van der Waals surface area contributed by atoms with Crippen molar-refractivity contribution >= 4 is 23.8 Å². The maximum atomic E-state index is 13.1. The molecule has 0 radical (unpaired) electrons. The number of hydrogen-bond donors (Lipinski definition) is 1. The summed E-state index contributed by atoms with van der Waals surface area (Å²) in [5.74, 6) is -1.21. The maximum Gasteiger partial charge on any atom is 0.302 e. The first-order valence-corrected chi connectivity index (χ1v) is 13.4. The highest BCUT2D eigenvalue weighted by atomic mass is 16.5. The predicted octanol–water partition coefficient (Wildman–Crippen LogP) is 3.16. The van der Waals surface area contributed by atoms with Crippen LogP contribution >= 0.6 is 0 Å². The van der Waals surface area contributed by atoms with E-state index < -0.39 is 29.0 Å². The molecule has 4 saturated carbocycles. The molecular weight excluding hydrogens is 462 g/mol. The van der Waals surface area contributed by atoms with Gasteiger partial charge in [-0.3, -0.25) is 24.1 Å². The van der Waals surface area contributed by atoms with Gasteiger partial charge in [0.25, 0.3) is 11.8 Å². The number of nitrogens with zero attached hydrogens (tertiary/aromatic N) is 1. The maximum absolute atomic E-state index is 13.1. The van der Waals surface area contributed by atoms with Gasteiger partial charge in [0.2, 0.25) is 0 Å². The van der Waals surface area contributed by atoms with Gasteiger partial charge in [-0.1, -0.05) is 13.8 Å². The van der Waals surface area contributed by atoms with Crippen molar-refractivity contribution in [2.75, 3.05) is 7.05 Å². The minimum Gasteiger partial charge on any atom is -0.463 e. The Morgan fingerprint density at radius 3 is 2.31 bits per heavy atom. The van der Waals surface area contributed by atoms with Crippen LogP contribution in [0.2, 0.25) is 0 Å². The smallest absolute Gasteiger partial charge is 0.302 e. The zero-order valence-corrected chi connectivity index (χ0v) is 22.0. The molecule has 2 amide bonds. The lowest BCUT2D eigenvalue weighted by molar-refractivity contribution is -0.209. The van der Waals surface area contributed by atoms with Crippen LogP contribution in [0.3, 0.4) is 0 Å². The molecule has 4 fully saturated rings. The normalized spacial score (nSPS) is 45.9. The van der Waals surface area contributed by atoms with Gasteiger partial charge in [-0.25, -0.2) is 0 Å². The number of imide groups is 1. The quantitative estimate of drug-likeness (QED) is 0.467. The number of aliphatic hydroxyl groups is 1. The standard InChI is InChI=1S/C28H39NO7/c1-15(30)35-18-8-10-26(3)17(12-18)6-7-21-20(26)9-11-27(4)24(19-13-23(32)29(5)25(19)33)22(36-16(2)31)14-28(21,27)34/h13,17-18,20-22,24,34H,6-12,14H2,1-5H3/t17-,18+,20+,21-,22+,24+,26+,27-,28+/m1/s1. The van der Waals surface area contributed by atoms with E-state index in [-0.39, 0.29) is 41.6 Å². The Kier molecular flexibility index (Phi) is 5.93. The van der Waals surface area contributed by atoms with E-state index in [1.165, 1.54) is 27.0 Å². The lowest BCUT2D eigenvalue weighted by atomic mass is 9.43. The average molecular weight is 502 g/mol. The number of esters is 2. The van der Waals surface area contributed by atoms with E-state index in [9.17, 15) is 24.3 Å². The van der Waals surface area contributed by atoms with E-state index in [1.54, 1.807) is 0 Å². The molecule has 0 spiro atoms. The first-order valence-electron chi connectivity index (χ1n) is 13.4. The summed E-state index contributed by atoms with van der Waals surface area (Å²) in [6.07, 6.45) is 6.98. The summed E-state index contributed by atoms with van der Waals surface area (Å²) in [6, 6.07) is 0. The number of fused-ring (bicyclic) bond motifs is 5. The lowest BCUT2D eigenvalue weighted by Crippen LogP contribution is -2.62. The number of ether oxygens (including phenoxy) is 2. The van der Waals surface area contributed by atoms with Gasteiger partial charge in [-0.15, -0.1) is 0 Å². The summed E-state index contributed by atoms with van der Waals surface area (Å²) < 4.78 is 11.3. The molecule has 0 aromatic heterocycles. The fourth-order valence-electron chi connectivity index (χ4n) is 9.22. The fraction of sp³-hybridized carbons (Fsp3) is 0.786. The van der Waals surface area contributed by atoms with Gasteiger partial charge < -0.3 is 14.6 Å². The van der Waals surface area contributed by atoms with Gasteiger partial charge in [0, 0.05) is 50.3 Å². The van der Waals surface area contributed by atoms with Gasteiger partial charge in [-0.05, 0) is 68.1 Å². The Bertz CT molecular complexity index is 1040. The number of rotatable bonds is 3. The molecule has 0 bridgehead atoms. The van der Waals surface area contributed by atoms with Crippen LogP contribution in [-0.2, 0) is 28.7 Å². The van der Waals surface area contributed by atoms with Crippen molar-refractivity contribution in [2.24, 2.45) is 34.5 Å². The number of likely N-dealkylation sites (N-methyl/N-ethyl adjacent to an activating group) is 1. The molecule has 0 aromatic carbocycles. The zero-order valence-electron chi connectivity index (χ0n) is 22.0. The molecule has 5 aliphatic rings. The van der Waals surface area contributed by atoms with E-state index in [0.717, 1.165) is 43.4 Å². The van der Waals surface area contributed by atoms with Crippen LogP contribution in [-0.4, -0.2) is 58.6 Å². The Hall–Kier alpha value is -2.22. The van der Waals surface area contributed by atoms with Crippen molar-refractivity contribution in [3.05, 3.63) is 11.6 Å². The molecule has 36 heavy (non-hydrogen) atoms. The zero-order chi connectivity index (χ0) is 26.2. The third-order valence-electron chi connectivity index (χ3n) is 10.9. The third kappa shape index (κ3) is 3.50. The third-order valence-corrected chi connectivity index (χ3v) is 10.9. The van der Waals surface area contributed by atoms with E-state index in [4.69, 9.17) is 9.47 Å². The highest BCUT2D eigenvalue weighted by Gasteiger charge is 2.71.